The van der Waals surface area contributed by atoms with Gasteiger partial charge in [-0.15, -0.1) is 0 Å². The van der Waals surface area contributed by atoms with E-state index in [0.29, 0.717) is 19.4 Å². The van der Waals surface area contributed by atoms with Crippen LogP contribution in [0.2, 0.25) is 0 Å². The smallest absolute Gasteiger partial charge is 0.324 e. The van der Waals surface area contributed by atoms with E-state index in [1.54, 1.807) is 0 Å². The summed E-state index contributed by atoms with van der Waals surface area (Å²) in [6.07, 6.45) is 2.09. The first-order valence-electron chi connectivity index (χ1n) is 5.89. The maximum Gasteiger partial charge on any atom is 0.324 e. The quantitative estimate of drug-likeness (QED) is 0.815. The number of hydrogen-bond acceptors (Lipinski definition) is 3. The largest absolute Gasteiger partial charge is 0.494 e. The molecule has 4 heteroatoms. The van der Waals surface area contributed by atoms with Crippen molar-refractivity contribution in [1.82, 2.24) is 5.32 Å². The summed E-state index contributed by atoms with van der Waals surface area (Å²) in [4.78, 5) is 11.2. The second-order valence-corrected chi connectivity index (χ2v) is 4.33. The minimum absolute atomic E-state index is 0.420. The van der Waals surface area contributed by atoms with Gasteiger partial charge in [0, 0.05) is 6.42 Å². The van der Waals surface area contributed by atoms with E-state index in [1.165, 1.54) is 0 Å². The summed E-state index contributed by atoms with van der Waals surface area (Å²) >= 11 is 0. The molecular formula is C13H17NO3. The molecule has 1 aliphatic rings. The van der Waals surface area contributed by atoms with Crippen LogP contribution in [0.4, 0.5) is 0 Å². The average Bonchev–Trinajstić information content (AvgIpc) is 2.80. The van der Waals surface area contributed by atoms with Crippen molar-refractivity contribution in [3.63, 3.8) is 0 Å². The van der Waals surface area contributed by atoms with Crippen LogP contribution in [0.3, 0.4) is 0 Å². The Balaban J connectivity index is 1.87. The highest BCUT2D eigenvalue weighted by Crippen LogP contribution is 2.24. The number of carboxylic acid groups (broad SMARTS) is 1. The van der Waals surface area contributed by atoms with E-state index in [9.17, 15) is 9.90 Å². The number of ether oxygens (including phenoxy) is 1. The summed E-state index contributed by atoms with van der Waals surface area (Å²) in [5, 5.41) is 12.3. The molecule has 0 bridgehead atoms. The molecule has 0 saturated carbocycles. The van der Waals surface area contributed by atoms with E-state index < -0.39 is 11.5 Å². The molecule has 1 atom stereocenters. The summed E-state index contributed by atoms with van der Waals surface area (Å²) < 4.78 is 5.54. The molecule has 2 N–H and O–H groups in total. The van der Waals surface area contributed by atoms with Crippen molar-refractivity contribution in [3.05, 3.63) is 30.3 Å². The lowest BCUT2D eigenvalue weighted by atomic mass is 9.94. The van der Waals surface area contributed by atoms with Crippen molar-refractivity contribution in [2.75, 3.05) is 13.2 Å². The normalized spacial score (nSPS) is 23.5. The van der Waals surface area contributed by atoms with Crippen LogP contribution in [-0.4, -0.2) is 29.8 Å². The molecule has 92 valence electrons. The predicted molar refractivity (Wildman–Crippen MR) is 64.2 cm³/mol. The van der Waals surface area contributed by atoms with Gasteiger partial charge in [-0.2, -0.15) is 0 Å². The van der Waals surface area contributed by atoms with Crippen molar-refractivity contribution in [2.45, 2.75) is 24.8 Å². The average molecular weight is 235 g/mol. The van der Waals surface area contributed by atoms with E-state index in [1.807, 2.05) is 30.3 Å². The van der Waals surface area contributed by atoms with Gasteiger partial charge in [-0.05, 0) is 31.5 Å². The van der Waals surface area contributed by atoms with E-state index in [0.717, 1.165) is 18.7 Å². The molecule has 4 nitrogen and oxygen atoms in total. The highest BCUT2D eigenvalue weighted by atomic mass is 16.5. The number of aliphatic carboxylic acids is 1. The summed E-state index contributed by atoms with van der Waals surface area (Å²) in [5.41, 5.74) is -0.783. The van der Waals surface area contributed by atoms with Crippen LogP contribution in [0.15, 0.2) is 30.3 Å². The molecule has 1 saturated heterocycles. The standard InChI is InChI=1S/C13H17NO3/c15-12(16)13(7-4-9-14-13)8-10-17-11-5-2-1-3-6-11/h1-3,5-6,14H,4,7-10H2,(H,15,16). The molecule has 0 amide bonds. The summed E-state index contributed by atoms with van der Waals surface area (Å²) in [7, 11) is 0. The van der Waals surface area contributed by atoms with Crippen LogP contribution in [-0.2, 0) is 4.79 Å². The Kier molecular flexibility index (Phi) is 3.64. The zero-order valence-corrected chi connectivity index (χ0v) is 9.69. The Morgan fingerprint density at radius 2 is 2.18 bits per heavy atom. The Morgan fingerprint density at radius 3 is 2.76 bits per heavy atom. The van der Waals surface area contributed by atoms with Gasteiger partial charge in [-0.1, -0.05) is 18.2 Å². The Morgan fingerprint density at radius 1 is 1.41 bits per heavy atom. The summed E-state index contributed by atoms with van der Waals surface area (Å²) in [6, 6.07) is 9.46. The molecule has 0 aliphatic carbocycles. The molecular weight excluding hydrogens is 218 g/mol. The fraction of sp³-hybridized carbons (Fsp3) is 0.462. The number of nitrogens with one attached hydrogen (secondary N) is 1. The van der Waals surface area contributed by atoms with Crippen molar-refractivity contribution < 1.29 is 14.6 Å². The maximum atomic E-state index is 11.2. The van der Waals surface area contributed by atoms with Crippen LogP contribution in [0.25, 0.3) is 0 Å². The van der Waals surface area contributed by atoms with Gasteiger partial charge < -0.3 is 15.2 Å². The summed E-state index contributed by atoms with van der Waals surface area (Å²) in [6.45, 7) is 1.20. The van der Waals surface area contributed by atoms with E-state index in [-0.39, 0.29) is 0 Å². The molecule has 0 spiro atoms. The Hall–Kier alpha value is -1.55. The van der Waals surface area contributed by atoms with Gasteiger partial charge in [-0.25, -0.2) is 0 Å². The number of carbonyl (C=O) groups is 1. The van der Waals surface area contributed by atoms with Gasteiger partial charge in [-0.3, -0.25) is 4.79 Å². The molecule has 17 heavy (non-hydrogen) atoms. The zero-order chi connectivity index (χ0) is 12.1. The second kappa shape index (κ2) is 5.19. The highest BCUT2D eigenvalue weighted by molar-refractivity contribution is 5.79. The molecule has 1 unspecified atom stereocenters. The van der Waals surface area contributed by atoms with Gasteiger partial charge in [0.2, 0.25) is 0 Å². The number of rotatable bonds is 5. The van der Waals surface area contributed by atoms with E-state index in [4.69, 9.17) is 4.74 Å². The van der Waals surface area contributed by atoms with E-state index >= 15 is 0 Å². The fourth-order valence-corrected chi connectivity index (χ4v) is 2.17. The van der Waals surface area contributed by atoms with Gasteiger partial charge in [0.1, 0.15) is 11.3 Å². The van der Waals surface area contributed by atoms with Crippen molar-refractivity contribution >= 4 is 5.97 Å². The maximum absolute atomic E-state index is 11.2. The molecule has 1 heterocycles. The van der Waals surface area contributed by atoms with Gasteiger partial charge >= 0.3 is 5.97 Å². The molecule has 1 aromatic carbocycles. The van der Waals surface area contributed by atoms with Crippen LogP contribution in [0.1, 0.15) is 19.3 Å². The molecule has 2 rings (SSSR count). The van der Waals surface area contributed by atoms with Gasteiger partial charge in [0.05, 0.1) is 6.61 Å². The first kappa shape index (κ1) is 11.9. The van der Waals surface area contributed by atoms with Gasteiger partial charge in [0.25, 0.3) is 0 Å². The minimum Gasteiger partial charge on any atom is -0.494 e. The highest BCUT2D eigenvalue weighted by Gasteiger charge is 2.40. The van der Waals surface area contributed by atoms with Crippen LogP contribution in [0.5, 0.6) is 5.75 Å². The monoisotopic (exact) mass is 235 g/mol. The number of benzene rings is 1. The lowest BCUT2D eigenvalue weighted by Gasteiger charge is -2.24. The molecule has 1 fully saturated rings. The Labute approximate surface area is 101 Å². The number of hydrogen-bond donors (Lipinski definition) is 2. The summed E-state index contributed by atoms with van der Waals surface area (Å²) in [5.74, 6) is 0.0118. The first-order valence-corrected chi connectivity index (χ1v) is 5.89. The molecule has 1 aromatic rings. The lowest BCUT2D eigenvalue weighted by molar-refractivity contribution is -0.144. The number of carboxylic acids is 1. The third-order valence-electron chi connectivity index (χ3n) is 3.19. The molecule has 0 radical (unpaired) electrons. The lowest BCUT2D eigenvalue weighted by Crippen LogP contribution is -2.48. The molecule has 0 aromatic heterocycles. The van der Waals surface area contributed by atoms with Crippen molar-refractivity contribution in [2.24, 2.45) is 0 Å². The Bertz CT molecular complexity index is 372. The first-order chi connectivity index (χ1) is 8.23. The van der Waals surface area contributed by atoms with Crippen LogP contribution in [0, 0.1) is 0 Å². The topological polar surface area (TPSA) is 58.6 Å². The second-order valence-electron chi connectivity index (χ2n) is 4.33. The molecule has 1 aliphatic heterocycles. The zero-order valence-electron chi connectivity index (χ0n) is 9.69. The third-order valence-corrected chi connectivity index (χ3v) is 3.19. The number of para-hydroxylation sites is 1. The third kappa shape index (κ3) is 2.77. The van der Waals surface area contributed by atoms with Crippen LogP contribution >= 0.6 is 0 Å². The SMILES string of the molecule is O=C(O)C1(CCOc2ccccc2)CCCN1. The minimum atomic E-state index is -0.783. The van der Waals surface area contributed by atoms with Crippen LogP contribution < -0.4 is 10.1 Å². The predicted octanol–water partition coefficient (Wildman–Crippen LogP) is 1.66. The van der Waals surface area contributed by atoms with Gasteiger partial charge in [0.15, 0.2) is 0 Å². The fourth-order valence-electron chi connectivity index (χ4n) is 2.17. The van der Waals surface area contributed by atoms with E-state index in [2.05, 4.69) is 5.32 Å². The van der Waals surface area contributed by atoms with Crippen molar-refractivity contribution in [1.29, 1.82) is 0 Å². The van der Waals surface area contributed by atoms with Crippen molar-refractivity contribution in [3.8, 4) is 5.75 Å².